The molecule has 0 saturated carbocycles. The van der Waals surface area contributed by atoms with Crippen LogP contribution in [-0.2, 0) is 26.2 Å². The van der Waals surface area contributed by atoms with Gasteiger partial charge in [0, 0.05) is 9.52 Å². The van der Waals surface area contributed by atoms with E-state index in [0.717, 1.165) is 15.1 Å². The van der Waals surface area contributed by atoms with E-state index in [9.17, 15) is 0 Å². The third-order valence-corrected chi connectivity index (χ3v) is 3.38. The van der Waals surface area contributed by atoms with E-state index in [2.05, 4.69) is 46.9 Å². The second kappa shape index (κ2) is 17.0. The monoisotopic (exact) mass is 445 g/mol. The van der Waals surface area contributed by atoms with Crippen molar-refractivity contribution in [1.82, 2.24) is 0 Å². The van der Waals surface area contributed by atoms with Crippen molar-refractivity contribution in [1.29, 1.82) is 0 Å². The van der Waals surface area contributed by atoms with E-state index in [1.54, 1.807) is 6.07 Å². The molecule has 1 aliphatic rings. The molecule has 0 aromatic heterocycles. The third-order valence-electron chi connectivity index (χ3n) is 3.38. The normalized spacial score (nSPS) is 14.6. The topological polar surface area (TPSA) is 23.8 Å². The summed E-state index contributed by atoms with van der Waals surface area (Å²) in [6.07, 6.45) is 3.36. The van der Waals surface area contributed by atoms with Crippen LogP contribution in [0, 0.1) is 18.9 Å². The van der Waals surface area contributed by atoms with Gasteiger partial charge in [-0.25, -0.2) is 5.57 Å². The number of allylic oxidation sites excluding steroid dienone is 4. The molecule has 1 nitrogen and oxygen atoms in total. The number of aryl methyl sites for hydroxylation is 1. The Kier molecular flexibility index (Phi) is 22.9. The number of halogens is 2. The molecule has 0 saturated heterocycles. The van der Waals surface area contributed by atoms with E-state index in [4.69, 9.17) is 5.73 Å². The molecule has 2 rings (SSSR count). The first-order chi connectivity index (χ1) is 9.34. The maximum absolute atomic E-state index is 7.22. The van der Waals surface area contributed by atoms with Crippen molar-refractivity contribution < 1.29 is 51.0 Å². The molecular formula is C18H27Cl2NSiZr. The molecule has 1 atom stereocenters. The third kappa shape index (κ3) is 12.2. The van der Waals surface area contributed by atoms with Crippen LogP contribution in [0.3, 0.4) is 0 Å². The molecule has 1 aromatic rings. The summed E-state index contributed by atoms with van der Waals surface area (Å²) < 4.78 is 0. The van der Waals surface area contributed by atoms with Gasteiger partial charge in [-0.1, -0.05) is 69.6 Å². The fraction of sp³-hybridized carbons (Fsp3) is 0.444. The Balaban J connectivity index is -0.000000121. The first kappa shape index (κ1) is 31.0. The van der Waals surface area contributed by atoms with E-state index in [0.29, 0.717) is 11.6 Å². The van der Waals surface area contributed by atoms with E-state index in [-0.39, 0.29) is 51.0 Å². The molecular weight excluding hydrogens is 420 g/mol. The van der Waals surface area contributed by atoms with E-state index in [1.807, 2.05) is 25.1 Å². The summed E-state index contributed by atoms with van der Waals surface area (Å²) in [7, 11) is 1.08. The van der Waals surface area contributed by atoms with Crippen LogP contribution in [0.15, 0.2) is 41.0 Å². The smallest absolute Gasteiger partial charge is 1.00 e. The van der Waals surface area contributed by atoms with E-state index < -0.39 is 0 Å². The summed E-state index contributed by atoms with van der Waals surface area (Å²) in [5, 5.41) is 0. The van der Waals surface area contributed by atoms with Gasteiger partial charge in [0.25, 0.3) is 0 Å². The van der Waals surface area contributed by atoms with Crippen LogP contribution < -0.4 is 24.8 Å². The quantitative estimate of drug-likeness (QED) is 0.401. The zero-order chi connectivity index (χ0) is 15.7. The van der Waals surface area contributed by atoms with Gasteiger partial charge in [-0.3, -0.25) is 6.08 Å². The molecule has 5 heteroatoms. The van der Waals surface area contributed by atoms with Gasteiger partial charge in [0.15, 0.2) is 0 Å². The van der Waals surface area contributed by atoms with Crippen LogP contribution in [-0.4, -0.2) is 9.52 Å². The minimum Gasteiger partial charge on any atom is -1.00 e. The molecule has 0 bridgehead atoms. The minimum atomic E-state index is 0. The Hall–Kier alpha value is 0.180. The van der Waals surface area contributed by atoms with Crippen molar-refractivity contribution in [2.45, 2.75) is 47.7 Å². The molecule has 0 heterocycles. The Morgan fingerprint density at radius 3 is 1.61 bits per heavy atom. The van der Waals surface area contributed by atoms with Gasteiger partial charge in [0.2, 0.25) is 0 Å². The SMILES string of the molecule is CC1=[C-]C(C)C(C)=C1C.C[Si]C.Cc1ccccc1[NH-].[Cl-].[Cl-].[Zr+4]. The van der Waals surface area contributed by atoms with E-state index >= 15 is 0 Å². The van der Waals surface area contributed by atoms with Crippen LogP contribution in [0.5, 0.6) is 0 Å². The predicted octanol–water partition coefficient (Wildman–Crippen LogP) is 0.193. The molecule has 0 amide bonds. The summed E-state index contributed by atoms with van der Waals surface area (Å²) in [5.74, 6) is 0.560. The van der Waals surface area contributed by atoms with Crippen LogP contribution in [0.4, 0.5) is 5.69 Å². The standard InChI is InChI=1S/C9H13.C7H8N.C2H6Si.2ClH.Zr/c1-6-5-7(2)9(4)8(6)3;1-6-4-2-3-5-7(6)8;1-3-2;;;/h6H,1-4H3;2-5,8H,1H3;1-2H3;2*1H;/q2*-1;;;;+4/p-2. The second-order valence-electron chi connectivity index (χ2n) is 5.11. The van der Waals surface area contributed by atoms with Gasteiger partial charge >= 0.3 is 26.2 Å². The molecule has 1 N–H and O–H groups in total. The van der Waals surface area contributed by atoms with Crippen LogP contribution >= 0.6 is 0 Å². The summed E-state index contributed by atoms with van der Waals surface area (Å²) in [4.78, 5) is 0. The first-order valence-electron chi connectivity index (χ1n) is 6.98. The number of hydrogen-bond acceptors (Lipinski definition) is 0. The van der Waals surface area contributed by atoms with Crippen molar-refractivity contribution in [3.05, 3.63) is 58.4 Å². The summed E-state index contributed by atoms with van der Waals surface area (Å²) in [5.41, 5.74) is 13.1. The van der Waals surface area contributed by atoms with Gasteiger partial charge in [-0.15, -0.1) is 12.6 Å². The zero-order valence-corrected chi connectivity index (χ0v) is 20.1. The molecule has 0 aliphatic heterocycles. The largest absolute Gasteiger partial charge is 4.00 e. The maximum atomic E-state index is 7.22. The predicted molar refractivity (Wildman–Crippen MR) is 92.6 cm³/mol. The van der Waals surface area contributed by atoms with Gasteiger partial charge in [0.1, 0.15) is 0 Å². The van der Waals surface area contributed by atoms with Gasteiger partial charge < -0.3 is 30.5 Å². The molecule has 1 aliphatic carbocycles. The Morgan fingerprint density at radius 2 is 1.43 bits per heavy atom. The van der Waals surface area contributed by atoms with Crippen molar-refractivity contribution in [2.24, 2.45) is 5.92 Å². The fourth-order valence-corrected chi connectivity index (χ4v) is 1.73. The molecule has 1 aromatic carbocycles. The van der Waals surface area contributed by atoms with Gasteiger partial charge in [0.05, 0.1) is 0 Å². The van der Waals surface area contributed by atoms with Gasteiger partial charge in [-0.2, -0.15) is 11.1 Å². The number of hydrogen-bond donors (Lipinski definition) is 0. The van der Waals surface area contributed by atoms with Crippen LogP contribution in [0.1, 0.15) is 33.3 Å². The molecule has 126 valence electrons. The average Bonchev–Trinajstić information content (AvgIpc) is 2.62. The number of nitrogens with one attached hydrogen (secondary N) is 1. The summed E-state index contributed by atoms with van der Waals surface area (Å²) >= 11 is 0. The zero-order valence-electron chi connectivity index (χ0n) is 15.1. The van der Waals surface area contributed by atoms with Gasteiger partial charge in [-0.05, 0) is 6.92 Å². The number of benzene rings is 1. The molecule has 1 unspecified atom stereocenters. The Bertz CT molecular complexity index is 467. The Morgan fingerprint density at radius 1 is 1.00 bits per heavy atom. The summed E-state index contributed by atoms with van der Waals surface area (Å²) in [6.45, 7) is 14.9. The molecule has 2 radical (unpaired) electrons. The maximum Gasteiger partial charge on any atom is 4.00 e. The number of rotatable bonds is 0. The van der Waals surface area contributed by atoms with Crippen molar-refractivity contribution in [2.75, 3.05) is 0 Å². The van der Waals surface area contributed by atoms with Crippen LogP contribution in [0.2, 0.25) is 13.1 Å². The van der Waals surface area contributed by atoms with Crippen LogP contribution in [0.25, 0.3) is 5.73 Å². The second-order valence-corrected chi connectivity index (χ2v) is 6.11. The average molecular weight is 448 g/mol. The van der Waals surface area contributed by atoms with Crippen molar-refractivity contribution in [3.8, 4) is 0 Å². The van der Waals surface area contributed by atoms with Crippen molar-refractivity contribution >= 4 is 15.2 Å². The minimum absolute atomic E-state index is 0. The first-order valence-corrected chi connectivity index (χ1v) is 8.98. The molecule has 0 spiro atoms. The molecule has 0 fully saturated rings. The Labute approximate surface area is 177 Å². The fourth-order valence-electron chi connectivity index (χ4n) is 1.73. The van der Waals surface area contributed by atoms with E-state index in [1.165, 1.54) is 16.7 Å². The molecule has 23 heavy (non-hydrogen) atoms. The summed E-state index contributed by atoms with van der Waals surface area (Å²) in [6, 6.07) is 7.53. The van der Waals surface area contributed by atoms with Crippen molar-refractivity contribution in [3.63, 3.8) is 0 Å².